The van der Waals surface area contributed by atoms with E-state index in [1.165, 1.54) is 0 Å². The number of pyridine rings is 1. The van der Waals surface area contributed by atoms with Crippen molar-refractivity contribution in [2.24, 2.45) is 0 Å². The van der Waals surface area contributed by atoms with Crippen LogP contribution in [0, 0.1) is 0 Å². The summed E-state index contributed by atoms with van der Waals surface area (Å²) in [5.41, 5.74) is 1.80. The number of carbonyl (C=O) groups excluding carboxylic acids is 1. The van der Waals surface area contributed by atoms with Crippen molar-refractivity contribution in [3.8, 4) is 5.75 Å². The Kier molecular flexibility index (Phi) is 5.50. The summed E-state index contributed by atoms with van der Waals surface area (Å²) >= 11 is 3.19. The molecular weight excluding hydrogens is 384 g/mol. The standard InChI is InChI=1S/C19H17BrN2O3/c1-13(22-19(23)17-8-9-18(20)25-17)14-5-4-7-16(11-14)24-12-15-6-2-3-10-21-15/h2-11,13H,12H2,1H3,(H,22,23). The number of hydrogen-bond donors (Lipinski definition) is 1. The van der Waals surface area contributed by atoms with Gasteiger partial charge in [0.05, 0.1) is 11.7 Å². The number of halogens is 1. The Morgan fingerprint density at radius 2 is 2.12 bits per heavy atom. The number of ether oxygens (including phenoxy) is 1. The van der Waals surface area contributed by atoms with Gasteiger partial charge in [-0.05, 0) is 64.8 Å². The quantitative estimate of drug-likeness (QED) is 0.660. The summed E-state index contributed by atoms with van der Waals surface area (Å²) in [4.78, 5) is 16.4. The fourth-order valence-electron chi connectivity index (χ4n) is 2.30. The first-order valence-corrected chi connectivity index (χ1v) is 8.60. The minimum absolute atomic E-state index is 0.185. The number of nitrogens with zero attached hydrogens (tertiary/aromatic N) is 1. The molecule has 1 amide bonds. The monoisotopic (exact) mass is 400 g/mol. The summed E-state index contributed by atoms with van der Waals surface area (Å²) in [5.74, 6) is 0.726. The molecule has 0 aliphatic heterocycles. The zero-order valence-electron chi connectivity index (χ0n) is 13.6. The lowest BCUT2D eigenvalue weighted by Gasteiger charge is -2.15. The number of rotatable bonds is 6. The predicted octanol–water partition coefficient (Wildman–Crippen LogP) is 4.51. The molecule has 3 rings (SSSR count). The van der Waals surface area contributed by atoms with Crippen LogP contribution in [0.5, 0.6) is 5.75 Å². The largest absolute Gasteiger partial charge is 0.487 e. The second kappa shape index (κ2) is 7.98. The molecule has 0 aliphatic carbocycles. The fraction of sp³-hybridized carbons (Fsp3) is 0.158. The zero-order valence-corrected chi connectivity index (χ0v) is 15.2. The average Bonchev–Trinajstić information content (AvgIpc) is 3.08. The topological polar surface area (TPSA) is 64.4 Å². The molecule has 0 bridgehead atoms. The van der Waals surface area contributed by atoms with E-state index in [0.29, 0.717) is 11.3 Å². The molecule has 3 aromatic rings. The highest BCUT2D eigenvalue weighted by Crippen LogP contribution is 2.21. The van der Waals surface area contributed by atoms with Crippen molar-refractivity contribution in [3.05, 3.63) is 82.5 Å². The molecule has 0 radical (unpaired) electrons. The molecule has 2 heterocycles. The van der Waals surface area contributed by atoms with Crippen LogP contribution < -0.4 is 10.1 Å². The predicted molar refractivity (Wildman–Crippen MR) is 97.3 cm³/mol. The number of nitrogens with one attached hydrogen (secondary N) is 1. The van der Waals surface area contributed by atoms with Crippen molar-refractivity contribution in [3.63, 3.8) is 0 Å². The summed E-state index contributed by atoms with van der Waals surface area (Å²) in [6.45, 7) is 2.30. The van der Waals surface area contributed by atoms with Gasteiger partial charge in [-0.15, -0.1) is 0 Å². The molecule has 1 aromatic carbocycles. The number of benzene rings is 1. The van der Waals surface area contributed by atoms with Crippen molar-refractivity contribution in [1.29, 1.82) is 0 Å². The van der Waals surface area contributed by atoms with Crippen LogP contribution in [0.15, 0.2) is 69.9 Å². The van der Waals surface area contributed by atoms with Crippen LogP contribution in [0.1, 0.15) is 34.8 Å². The fourth-order valence-corrected chi connectivity index (χ4v) is 2.61. The molecule has 0 aliphatic rings. The SMILES string of the molecule is CC(NC(=O)c1ccc(Br)o1)c1cccc(OCc2ccccn2)c1. The molecule has 6 heteroatoms. The van der Waals surface area contributed by atoms with Crippen molar-refractivity contribution < 1.29 is 13.9 Å². The van der Waals surface area contributed by atoms with E-state index in [9.17, 15) is 4.79 Å². The molecule has 128 valence electrons. The Labute approximate surface area is 154 Å². The zero-order chi connectivity index (χ0) is 17.6. The molecule has 2 aromatic heterocycles. The first-order chi connectivity index (χ1) is 12.1. The normalized spacial score (nSPS) is 11.8. The van der Waals surface area contributed by atoms with Crippen LogP contribution in [0.4, 0.5) is 0 Å². The molecule has 0 saturated carbocycles. The Hall–Kier alpha value is -2.60. The smallest absolute Gasteiger partial charge is 0.287 e. The third-order valence-corrected chi connectivity index (χ3v) is 4.04. The van der Waals surface area contributed by atoms with Gasteiger partial charge in [0.2, 0.25) is 0 Å². The van der Waals surface area contributed by atoms with Crippen molar-refractivity contribution in [2.75, 3.05) is 0 Å². The van der Waals surface area contributed by atoms with Gasteiger partial charge in [-0.3, -0.25) is 9.78 Å². The summed E-state index contributed by atoms with van der Waals surface area (Å²) in [6.07, 6.45) is 1.74. The summed E-state index contributed by atoms with van der Waals surface area (Å²) < 4.78 is 11.6. The highest BCUT2D eigenvalue weighted by atomic mass is 79.9. The average molecular weight is 401 g/mol. The van der Waals surface area contributed by atoms with Gasteiger partial charge in [0, 0.05) is 6.20 Å². The second-order valence-electron chi connectivity index (χ2n) is 5.48. The summed E-state index contributed by atoms with van der Waals surface area (Å²) in [5, 5.41) is 2.91. The Morgan fingerprint density at radius 3 is 2.84 bits per heavy atom. The first kappa shape index (κ1) is 17.2. The highest BCUT2D eigenvalue weighted by molar-refractivity contribution is 9.10. The van der Waals surface area contributed by atoms with Crippen molar-refractivity contribution >= 4 is 21.8 Å². The van der Waals surface area contributed by atoms with Crippen LogP contribution in [0.25, 0.3) is 0 Å². The minimum Gasteiger partial charge on any atom is -0.487 e. The van der Waals surface area contributed by atoms with Gasteiger partial charge in [-0.2, -0.15) is 0 Å². The number of hydrogen-bond acceptors (Lipinski definition) is 4. The van der Waals surface area contributed by atoms with Crippen LogP contribution in [0.2, 0.25) is 0 Å². The maximum Gasteiger partial charge on any atom is 0.287 e. The number of furan rings is 1. The van der Waals surface area contributed by atoms with E-state index in [2.05, 4.69) is 26.2 Å². The van der Waals surface area contributed by atoms with Crippen LogP contribution >= 0.6 is 15.9 Å². The highest BCUT2D eigenvalue weighted by Gasteiger charge is 2.15. The van der Waals surface area contributed by atoms with Crippen LogP contribution in [-0.4, -0.2) is 10.9 Å². The summed E-state index contributed by atoms with van der Waals surface area (Å²) in [7, 11) is 0. The molecule has 25 heavy (non-hydrogen) atoms. The van der Waals surface area contributed by atoms with E-state index in [1.54, 1.807) is 18.3 Å². The molecule has 0 fully saturated rings. The molecular formula is C19H17BrN2O3. The van der Waals surface area contributed by atoms with Crippen LogP contribution in [0.3, 0.4) is 0 Å². The minimum atomic E-state index is -0.266. The third-order valence-electron chi connectivity index (χ3n) is 3.62. The maximum absolute atomic E-state index is 12.2. The lowest BCUT2D eigenvalue weighted by atomic mass is 10.1. The Morgan fingerprint density at radius 1 is 1.24 bits per heavy atom. The van der Waals surface area contributed by atoms with E-state index >= 15 is 0 Å². The third kappa shape index (κ3) is 4.70. The lowest BCUT2D eigenvalue weighted by Crippen LogP contribution is -2.26. The maximum atomic E-state index is 12.2. The van der Waals surface area contributed by atoms with Gasteiger partial charge < -0.3 is 14.5 Å². The van der Waals surface area contributed by atoms with Crippen molar-refractivity contribution in [1.82, 2.24) is 10.3 Å². The van der Waals surface area contributed by atoms with E-state index in [-0.39, 0.29) is 17.7 Å². The molecule has 1 unspecified atom stereocenters. The number of carbonyl (C=O) groups is 1. The van der Waals surface area contributed by atoms with E-state index in [1.807, 2.05) is 49.4 Å². The number of amides is 1. The molecule has 1 N–H and O–H groups in total. The molecule has 0 spiro atoms. The number of aromatic nitrogens is 1. The van der Waals surface area contributed by atoms with Gasteiger partial charge in [-0.25, -0.2) is 0 Å². The summed E-state index contributed by atoms with van der Waals surface area (Å²) in [6, 6.07) is 16.5. The van der Waals surface area contributed by atoms with E-state index < -0.39 is 0 Å². The Bertz CT molecular complexity index is 849. The van der Waals surface area contributed by atoms with Gasteiger partial charge in [0.25, 0.3) is 5.91 Å². The van der Waals surface area contributed by atoms with Gasteiger partial charge >= 0.3 is 0 Å². The van der Waals surface area contributed by atoms with Crippen LogP contribution in [-0.2, 0) is 6.61 Å². The lowest BCUT2D eigenvalue weighted by molar-refractivity contribution is 0.0910. The Balaban J connectivity index is 1.63. The van der Waals surface area contributed by atoms with Gasteiger partial charge in [0.1, 0.15) is 12.4 Å². The van der Waals surface area contributed by atoms with Gasteiger partial charge in [0.15, 0.2) is 10.4 Å². The second-order valence-corrected chi connectivity index (χ2v) is 6.26. The van der Waals surface area contributed by atoms with Gasteiger partial charge in [-0.1, -0.05) is 18.2 Å². The molecule has 1 atom stereocenters. The first-order valence-electron chi connectivity index (χ1n) is 7.80. The van der Waals surface area contributed by atoms with Crippen molar-refractivity contribution in [2.45, 2.75) is 19.6 Å². The molecule has 5 nitrogen and oxygen atoms in total. The molecule has 0 saturated heterocycles. The van der Waals surface area contributed by atoms with E-state index in [4.69, 9.17) is 9.15 Å². The van der Waals surface area contributed by atoms with E-state index in [0.717, 1.165) is 17.0 Å².